The van der Waals surface area contributed by atoms with Gasteiger partial charge in [0.05, 0.1) is 19.1 Å². The molecule has 17 heavy (non-hydrogen) atoms. The molecular weight excluding hydrogens is 228 g/mol. The number of nitrogens with zero attached hydrogens (tertiary/aromatic N) is 1. The number of hydrogen-bond donors (Lipinski definition) is 3. The first-order valence-corrected chi connectivity index (χ1v) is 4.98. The van der Waals surface area contributed by atoms with Crippen molar-refractivity contribution in [3.63, 3.8) is 0 Å². The van der Waals surface area contributed by atoms with E-state index in [0.717, 1.165) is 4.90 Å². The van der Waals surface area contributed by atoms with E-state index in [1.54, 1.807) is 0 Å². The van der Waals surface area contributed by atoms with Crippen molar-refractivity contribution in [2.24, 2.45) is 17.2 Å². The van der Waals surface area contributed by atoms with Gasteiger partial charge in [-0.1, -0.05) is 0 Å². The van der Waals surface area contributed by atoms with Crippen LogP contribution in [0.15, 0.2) is 0 Å². The maximum Gasteiger partial charge on any atom is 0.240 e. The summed E-state index contributed by atoms with van der Waals surface area (Å²) >= 11 is 0. The number of carbonyl (C=O) groups excluding carboxylic acids is 3. The SMILES string of the molecule is COCCC(N)C(=O)N(CC(N)=O)CC(N)=O. The van der Waals surface area contributed by atoms with Gasteiger partial charge < -0.3 is 26.8 Å². The van der Waals surface area contributed by atoms with Crippen LogP contribution in [0.25, 0.3) is 0 Å². The number of hydrogen-bond acceptors (Lipinski definition) is 5. The van der Waals surface area contributed by atoms with Crippen LogP contribution in [0.1, 0.15) is 6.42 Å². The third kappa shape index (κ3) is 6.48. The smallest absolute Gasteiger partial charge is 0.240 e. The van der Waals surface area contributed by atoms with Crippen LogP contribution in [0.5, 0.6) is 0 Å². The third-order valence-corrected chi connectivity index (χ3v) is 1.96. The van der Waals surface area contributed by atoms with E-state index in [1.807, 2.05) is 0 Å². The summed E-state index contributed by atoms with van der Waals surface area (Å²) in [6, 6.07) is -0.853. The Morgan fingerprint density at radius 1 is 1.18 bits per heavy atom. The second kappa shape index (κ2) is 7.58. The molecule has 0 fully saturated rings. The fraction of sp³-hybridized carbons (Fsp3) is 0.667. The standard InChI is InChI=1S/C9H18N4O4/c1-17-3-2-6(10)9(16)13(4-7(11)14)5-8(12)15/h6H,2-5,10H2,1H3,(H2,11,14)(H2,12,15). The van der Waals surface area contributed by atoms with Gasteiger partial charge in [-0.2, -0.15) is 0 Å². The lowest BCUT2D eigenvalue weighted by atomic mass is 10.2. The molecule has 98 valence electrons. The fourth-order valence-corrected chi connectivity index (χ4v) is 1.19. The molecule has 0 saturated heterocycles. The molecule has 0 saturated carbocycles. The summed E-state index contributed by atoms with van der Waals surface area (Å²) < 4.78 is 4.77. The zero-order valence-corrected chi connectivity index (χ0v) is 9.72. The molecule has 1 unspecified atom stereocenters. The lowest BCUT2D eigenvalue weighted by Gasteiger charge is -2.22. The van der Waals surface area contributed by atoms with E-state index >= 15 is 0 Å². The molecule has 0 aromatic carbocycles. The fourth-order valence-electron chi connectivity index (χ4n) is 1.19. The van der Waals surface area contributed by atoms with Crippen molar-refractivity contribution >= 4 is 17.7 Å². The normalized spacial score (nSPS) is 11.9. The molecule has 0 aliphatic heterocycles. The van der Waals surface area contributed by atoms with Crippen molar-refractivity contribution in [3.8, 4) is 0 Å². The van der Waals surface area contributed by atoms with Crippen molar-refractivity contribution in [1.82, 2.24) is 4.90 Å². The Labute approximate surface area is 99.0 Å². The second-order valence-electron chi connectivity index (χ2n) is 3.51. The number of amides is 3. The van der Waals surface area contributed by atoms with Crippen molar-refractivity contribution in [2.45, 2.75) is 12.5 Å². The summed E-state index contributed by atoms with van der Waals surface area (Å²) in [6.07, 6.45) is 0.281. The minimum atomic E-state index is -0.853. The number of primary amides is 2. The van der Waals surface area contributed by atoms with Crippen molar-refractivity contribution in [2.75, 3.05) is 26.8 Å². The minimum absolute atomic E-state index is 0.281. The molecule has 3 amide bonds. The van der Waals surface area contributed by atoms with Crippen molar-refractivity contribution in [1.29, 1.82) is 0 Å². The van der Waals surface area contributed by atoms with Gasteiger partial charge in [-0.25, -0.2) is 0 Å². The summed E-state index contributed by atoms with van der Waals surface area (Å²) in [4.78, 5) is 34.2. The minimum Gasteiger partial charge on any atom is -0.385 e. The lowest BCUT2D eigenvalue weighted by Crippen LogP contribution is -2.50. The highest BCUT2D eigenvalue weighted by atomic mass is 16.5. The molecule has 0 rings (SSSR count). The monoisotopic (exact) mass is 246 g/mol. The van der Waals surface area contributed by atoms with Crippen LogP contribution in [-0.4, -0.2) is 55.5 Å². The van der Waals surface area contributed by atoms with Crippen LogP contribution < -0.4 is 17.2 Å². The molecule has 1 atom stereocenters. The molecule has 8 nitrogen and oxygen atoms in total. The summed E-state index contributed by atoms with van der Waals surface area (Å²) in [5.41, 5.74) is 15.5. The van der Waals surface area contributed by atoms with Gasteiger partial charge in [0, 0.05) is 13.7 Å². The molecule has 0 bridgehead atoms. The van der Waals surface area contributed by atoms with Crippen molar-refractivity contribution < 1.29 is 19.1 Å². The zero-order valence-electron chi connectivity index (χ0n) is 9.72. The number of ether oxygens (including phenoxy) is 1. The zero-order chi connectivity index (χ0) is 13.4. The van der Waals surface area contributed by atoms with Gasteiger partial charge in [0.15, 0.2) is 0 Å². The molecule has 0 aromatic heterocycles. The maximum atomic E-state index is 11.7. The Kier molecular flexibility index (Phi) is 6.83. The second-order valence-corrected chi connectivity index (χ2v) is 3.51. The van der Waals surface area contributed by atoms with Crippen LogP contribution in [0.4, 0.5) is 0 Å². The van der Waals surface area contributed by atoms with Gasteiger partial charge >= 0.3 is 0 Å². The van der Waals surface area contributed by atoms with Crippen LogP contribution in [-0.2, 0) is 19.1 Å². The van der Waals surface area contributed by atoms with E-state index in [0.29, 0.717) is 6.61 Å². The van der Waals surface area contributed by atoms with Gasteiger partial charge in [0.25, 0.3) is 0 Å². The maximum absolute atomic E-state index is 11.7. The van der Waals surface area contributed by atoms with E-state index in [9.17, 15) is 14.4 Å². The van der Waals surface area contributed by atoms with Gasteiger partial charge in [0.2, 0.25) is 17.7 Å². The van der Waals surface area contributed by atoms with Crippen molar-refractivity contribution in [3.05, 3.63) is 0 Å². The predicted molar refractivity (Wildman–Crippen MR) is 59.4 cm³/mol. The molecule has 0 aromatic rings. The van der Waals surface area contributed by atoms with Crippen LogP contribution in [0.2, 0.25) is 0 Å². The van der Waals surface area contributed by atoms with E-state index in [1.165, 1.54) is 7.11 Å². The lowest BCUT2D eigenvalue weighted by molar-refractivity contribution is -0.139. The van der Waals surface area contributed by atoms with E-state index in [-0.39, 0.29) is 19.5 Å². The Balaban J connectivity index is 4.49. The van der Waals surface area contributed by atoms with Gasteiger partial charge in [0.1, 0.15) is 0 Å². The van der Waals surface area contributed by atoms with E-state index < -0.39 is 23.8 Å². The number of carbonyl (C=O) groups is 3. The van der Waals surface area contributed by atoms with Crippen LogP contribution in [0, 0.1) is 0 Å². The first-order chi connectivity index (χ1) is 7.88. The Bertz CT molecular complexity index is 279. The summed E-state index contributed by atoms with van der Waals surface area (Å²) in [5.74, 6) is -2.03. The molecular formula is C9H18N4O4. The molecule has 0 radical (unpaired) electrons. The molecule has 0 heterocycles. The molecule has 8 heteroatoms. The third-order valence-electron chi connectivity index (χ3n) is 1.96. The van der Waals surface area contributed by atoms with Crippen LogP contribution >= 0.6 is 0 Å². The quantitative estimate of drug-likeness (QED) is 0.422. The highest BCUT2D eigenvalue weighted by Gasteiger charge is 2.23. The predicted octanol–water partition coefficient (Wildman–Crippen LogP) is -2.85. The average molecular weight is 246 g/mol. The first-order valence-electron chi connectivity index (χ1n) is 4.98. The van der Waals surface area contributed by atoms with E-state index in [2.05, 4.69) is 0 Å². The first kappa shape index (κ1) is 15.3. The molecule has 0 aliphatic rings. The van der Waals surface area contributed by atoms with E-state index in [4.69, 9.17) is 21.9 Å². The van der Waals surface area contributed by atoms with Crippen LogP contribution in [0.3, 0.4) is 0 Å². The molecule has 0 aliphatic carbocycles. The number of rotatable bonds is 8. The highest BCUT2D eigenvalue weighted by Crippen LogP contribution is 1.97. The summed E-state index contributed by atoms with van der Waals surface area (Å²) in [6.45, 7) is -0.473. The topological polar surface area (TPSA) is 142 Å². The molecule has 6 N–H and O–H groups in total. The highest BCUT2D eigenvalue weighted by molar-refractivity contribution is 5.90. The molecule has 0 spiro atoms. The summed E-state index contributed by atoms with van der Waals surface area (Å²) in [5, 5.41) is 0. The van der Waals surface area contributed by atoms with Gasteiger partial charge in [-0.15, -0.1) is 0 Å². The van der Waals surface area contributed by atoms with Gasteiger partial charge in [-0.05, 0) is 6.42 Å². The number of nitrogens with two attached hydrogens (primary N) is 3. The number of methoxy groups -OCH3 is 1. The van der Waals surface area contributed by atoms with Gasteiger partial charge in [-0.3, -0.25) is 14.4 Å². The average Bonchev–Trinajstić information content (AvgIpc) is 2.22. The summed E-state index contributed by atoms with van der Waals surface area (Å²) in [7, 11) is 1.47. The largest absolute Gasteiger partial charge is 0.385 e. The Morgan fingerprint density at radius 3 is 2.00 bits per heavy atom. The Hall–Kier alpha value is -1.67. The Morgan fingerprint density at radius 2 is 1.65 bits per heavy atom.